The van der Waals surface area contributed by atoms with Crippen molar-refractivity contribution in [2.75, 3.05) is 33.4 Å². The highest BCUT2D eigenvalue weighted by atomic mass is 35.5. The van der Waals surface area contributed by atoms with Crippen molar-refractivity contribution in [1.29, 1.82) is 0 Å². The largest absolute Gasteiger partial charge is 0.400 e. The van der Waals surface area contributed by atoms with Crippen LogP contribution in [0, 0.1) is 12.7 Å². The molecule has 0 bridgehead atoms. The zero-order valence-corrected chi connectivity index (χ0v) is 22.1. The van der Waals surface area contributed by atoms with Crippen LogP contribution in [0.15, 0.2) is 36.2 Å². The Morgan fingerprint density at radius 2 is 2.08 bits per heavy atom. The molecule has 3 aromatic rings. The number of nitrogens with zero attached hydrogens (tertiary/aromatic N) is 3. The molecule has 1 aromatic carbocycles. The molecule has 1 spiro atoms. The summed E-state index contributed by atoms with van der Waals surface area (Å²) in [6, 6.07) is 6.17. The van der Waals surface area contributed by atoms with E-state index in [9.17, 15) is 13.2 Å². The van der Waals surface area contributed by atoms with Crippen LogP contribution in [0.2, 0.25) is 4.34 Å². The second kappa shape index (κ2) is 10.1. The Hall–Kier alpha value is -2.37. The Labute approximate surface area is 222 Å². The van der Waals surface area contributed by atoms with Gasteiger partial charge in [-0.3, -0.25) is 4.90 Å². The SMILES string of the molecule is COCC(N)=Cc1cccc(F)c1-n1cc(CN2CCC3(CC2)OCC(F)(F)c2cc(Cl)sc23)c(C)n1. The second-order valence-corrected chi connectivity index (χ2v) is 11.3. The zero-order chi connectivity index (χ0) is 26.4. The number of ether oxygens (including phenoxy) is 2. The van der Waals surface area contributed by atoms with Crippen LogP contribution in [0.1, 0.15) is 40.1 Å². The van der Waals surface area contributed by atoms with E-state index < -0.39 is 23.9 Å². The molecule has 2 aromatic heterocycles. The monoisotopic (exact) mass is 552 g/mol. The van der Waals surface area contributed by atoms with Gasteiger partial charge in [-0.15, -0.1) is 11.3 Å². The topological polar surface area (TPSA) is 65.5 Å². The smallest absolute Gasteiger partial charge is 0.297 e. The highest BCUT2D eigenvalue weighted by Crippen LogP contribution is 2.52. The fourth-order valence-corrected chi connectivity index (χ4v) is 6.57. The van der Waals surface area contributed by atoms with Gasteiger partial charge in [0.1, 0.15) is 23.7 Å². The minimum absolute atomic E-state index is 0.000184. The highest BCUT2D eigenvalue weighted by Gasteiger charge is 2.51. The van der Waals surface area contributed by atoms with Gasteiger partial charge < -0.3 is 15.2 Å². The molecule has 5 rings (SSSR count). The average molecular weight is 553 g/mol. The second-order valence-electron chi connectivity index (χ2n) is 9.57. The number of alkyl halides is 2. The number of hydrogen-bond donors (Lipinski definition) is 1. The Kier molecular flexibility index (Phi) is 7.14. The number of benzene rings is 1. The molecule has 6 nitrogen and oxygen atoms in total. The summed E-state index contributed by atoms with van der Waals surface area (Å²) in [6.07, 6.45) is 4.68. The summed E-state index contributed by atoms with van der Waals surface area (Å²) in [6.45, 7) is 3.41. The van der Waals surface area contributed by atoms with Gasteiger partial charge in [-0.25, -0.2) is 9.07 Å². The number of likely N-dealkylation sites (tertiary alicyclic amines) is 1. The maximum atomic E-state index is 14.9. The fraction of sp³-hybridized carbons (Fsp3) is 0.423. The van der Waals surface area contributed by atoms with Crippen LogP contribution in [0.4, 0.5) is 13.2 Å². The third-order valence-electron chi connectivity index (χ3n) is 7.00. The molecule has 2 aliphatic heterocycles. The molecule has 1 fully saturated rings. The summed E-state index contributed by atoms with van der Waals surface area (Å²) in [5.74, 6) is -3.44. The molecule has 1 saturated heterocycles. The van der Waals surface area contributed by atoms with Crippen LogP contribution in [-0.4, -0.2) is 48.1 Å². The van der Waals surface area contributed by atoms with Crippen molar-refractivity contribution in [2.24, 2.45) is 5.73 Å². The number of thiophene rings is 1. The third kappa shape index (κ3) is 5.05. The molecule has 4 heterocycles. The molecule has 0 radical (unpaired) electrons. The molecular weight excluding hydrogens is 525 g/mol. The number of rotatable bonds is 6. The van der Waals surface area contributed by atoms with Crippen molar-refractivity contribution in [2.45, 2.75) is 37.8 Å². The van der Waals surface area contributed by atoms with E-state index in [1.54, 1.807) is 30.0 Å². The van der Waals surface area contributed by atoms with Gasteiger partial charge in [0.15, 0.2) is 0 Å². The number of piperidine rings is 1. The quantitative estimate of drug-likeness (QED) is 0.432. The van der Waals surface area contributed by atoms with E-state index >= 15 is 0 Å². The van der Waals surface area contributed by atoms with Crippen molar-refractivity contribution in [3.05, 3.63) is 73.6 Å². The fourth-order valence-electron chi connectivity index (χ4n) is 5.09. The summed E-state index contributed by atoms with van der Waals surface area (Å²) in [5.41, 5.74) is 8.38. The lowest BCUT2D eigenvalue weighted by atomic mass is 9.84. The van der Waals surface area contributed by atoms with Gasteiger partial charge in [-0.1, -0.05) is 23.7 Å². The minimum atomic E-state index is -3.03. The summed E-state index contributed by atoms with van der Waals surface area (Å²) in [4.78, 5) is 2.79. The molecule has 2 aliphatic rings. The Bertz CT molecular complexity index is 1330. The lowest BCUT2D eigenvalue weighted by Crippen LogP contribution is -2.48. The maximum Gasteiger partial charge on any atom is 0.297 e. The molecule has 0 atom stereocenters. The van der Waals surface area contributed by atoms with Crippen molar-refractivity contribution in [3.63, 3.8) is 0 Å². The summed E-state index contributed by atoms with van der Waals surface area (Å²) in [5, 5.41) is 4.58. The van der Waals surface area contributed by atoms with Crippen LogP contribution < -0.4 is 5.73 Å². The van der Waals surface area contributed by atoms with Crippen LogP contribution in [0.3, 0.4) is 0 Å². The molecule has 0 aliphatic carbocycles. The first-order chi connectivity index (χ1) is 17.6. The molecule has 0 saturated carbocycles. The van der Waals surface area contributed by atoms with Gasteiger partial charge in [-0.2, -0.15) is 13.9 Å². The predicted molar refractivity (Wildman–Crippen MR) is 138 cm³/mol. The number of hydrogen-bond acceptors (Lipinski definition) is 6. The number of nitrogens with two attached hydrogens (primary N) is 1. The average Bonchev–Trinajstić information content (AvgIpc) is 3.42. The van der Waals surface area contributed by atoms with E-state index in [1.165, 1.54) is 23.5 Å². The molecule has 198 valence electrons. The van der Waals surface area contributed by atoms with Crippen molar-refractivity contribution < 1.29 is 22.6 Å². The minimum Gasteiger partial charge on any atom is -0.400 e. The molecule has 2 N–H and O–H groups in total. The molecule has 37 heavy (non-hydrogen) atoms. The summed E-state index contributed by atoms with van der Waals surface area (Å²) in [7, 11) is 1.54. The number of aromatic nitrogens is 2. The van der Waals surface area contributed by atoms with Gasteiger partial charge in [0.2, 0.25) is 0 Å². The summed E-state index contributed by atoms with van der Waals surface area (Å²) >= 11 is 7.31. The normalized spacial score (nSPS) is 19.4. The number of aryl methyl sites for hydroxylation is 1. The van der Waals surface area contributed by atoms with Gasteiger partial charge in [-0.05, 0) is 38.0 Å². The maximum absolute atomic E-state index is 14.9. The predicted octanol–water partition coefficient (Wildman–Crippen LogP) is 5.59. The highest BCUT2D eigenvalue weighted by molar-refractivity contribution is 7.16. The standard InChI is InChI=1S/C26H28ClF3N4O2S/c1-16-18(13-34(32-16)23-17(4-3-5-21(23)28)10-19(31)14-35-2)12-33-8-6-25(7-9-33)24-20(11-22(27)37-24)26(29,30)15-36-25/h3-5,10-11,13H,6-9,12,14-15,31H2,1-2H3. The lowest BCUT2D eigenvalue weighted by molar-refractivity contribution is -0.182. The first-order valence-corrected chi connectivity index (χ1v) is 13.1. The molecule has 0 amide bonds. The van der Waals surface area contributed by atoms with E-state index in [-0.39, 0.29) is 12.2 Å². The van der Waals surface area contributed by atoms with Gasteiger partial charge in [0.25, 0.3) is 5.92 Å². The molecular formula is C26H28ClF3N4O2S. The van der Waals surface area contributed by atoms with Crippen LogP contribution in [0.25, 0.3) is 11.8 Å². The number of halogens is 4. The van der Waals surface area contributed by atoms with Crippen molar-refractivity contribution in [1.82, 2.24) is 14.7 Å². The first kappa shape index (κ1) is 26.2. The van der Waals surface area contributed by atoms with Crippen LogP contribution in [0.5, 0.6) is 0 Å². The van der Waals surface area contributed by atoms with Crippen LogP contribution in [-0.2, 0) is 27.5 Å². The lowest BCUT2D eigenvalue weighted by Gasteiger charge is -2.45. The van der Waals surface area contributed by atoms with Gasteiger partial charge in [0.05, 0.1) is 16.6 Å². The zero-order valence-electron chi connectivity index (χ0n) is 20.6. The Morgan fingerprint density at radius 1 is 1.32 bits per heavy atom. The molecule has 0 unspecified atom stereocenters. The third-order valence-corrected chi connectivity index (χ3v) is 8.45. The van der Waals surface area contributed by atoms with Crippen molar-refractivity contribution in [3.8, 4) is 5.69 Å². The molecule has 11 heteroatoms. The van der Waals surface area contributed by atoms with Gasteiger partial charge >= 0.3 is 0 Å². The van der Waals surface area contributed by atoms with E-state index in [0.29, 0.717) is 58.6 Å². The van der Waals surface area contributed by atoms with E-state index in [1.807, 2.05) is 13.1 Å². The number of fused-ring (bicyclic) bond motifs is 2. The van der Waals surface area contributed by atoms with E-state index in [2.05, 4.69) is 10.00 Å². The van der Waals surface area contributed by atoms with Crippen molar-refractivity contribution >= 4 is 29.0 Å². The Balaban J connectivity index is 1.34. The Morgan fingerprint density at radius 3 is 2.81 bits per heavy atom. The number of para-hydroxylation sites is 1. The number of methoxy groups -OCH3 is 1. The van der Waals surface area contributed by atoms with Crippen LogP contribution >= 0.6 is 22.9 Å². The first-order valence-electron chi connectivity index (χ1n) is 12.0. The van der Waals surface area contributed by atoms with E-state index in [4.69, 9.17) is 26.8 Å². The van der Waals surface area contributed by atoms with Gasteiger partial charge in [0, 0.05) is 60.2 Å². The summed E-state index contributed by atoms with van der Waals surface area (Å²) < 4.78 is 56.5. The van der Waals surface area contributed by atoms with E-state index in [0.717, 1.165) is 11.3 Å².